The Hall–Kier alpha value is -0.470. The minimum Gasteiger partial charge on any atom is -0.392 e. The molecule has 1 aliphatic rings. The molecule has 14 heavy (non-hydrogen) atoms. The van der Waals surface area contributed by atoms with Crippen molar-refractivity contribution in [2.45, 2.75) is 37.7 Å². The summed E-state index contributed by atoms with van der Waals surface area (Å²) in [5.74, 6) is 1.10. The van der Waals surface area contributed by atoms with Crippen molar-refractivity contribution in [3.05, 3.63) is 28.8 Å². The van der Waals surface area contributed by atoms with Gasteiger partial charge in [-0.1, -0.05) is 19.1 Å². The van der Waals surface area contributed by atoms with E-state index in [1.54, 1.807) is 0 Å². The van der Waals surface area contributed by atoms with Gasteiger partial charge in [-0.15, -0.1) is 11.8 Å². The third-order valence-corrected chi connectivity index (χ3v) is 3.88. The second-order valence-electron chi connectivity index (χ2n) is 3.84. The molecule has 0 bridgehead atoms. The Morgan fingerprint density at radius 1 is 1.43 bits per heavy atom. The highest BCUT2D eigenvalue weighted by Gasteiger charge is 2.22. The topological polar surface area (TPSA) is 20.2 Å². The molecule has 2 heteroatoms. The Bertz CT molecular complexity index is 346. The summed E-state index contributed by atoms with van der Waals surface area (Å²) in [5.41, 5.74) is 4.09. The number of aliphatic hydroxyl groups excluding tert-OH is 1. The molecule has 1 nitrogen and oxygen atoms in total. The van der Waals surface area contributed by atoms with Crippen LogP contribution in [-0.4, -0.2) is 17.0 Å². The first kappa shape index (κ1) is 10.1. The Labute approximate surface area is 89.5 Å². The fourth-order valence-electron chi connectivity index (χ4n) is 2.11. The van der Waals surface area contributed by atoms with Gasteiger partial charge in [0.15, 0.2) is 0 Å². The fraction of sp³-hybridized carbons (Fsp3) is 0.500. The molecule has 1 aromatic carbocycles. The van der Waals surface area contributed by atoms with Crippen LogP contribution in [-0.2, 0) is 12.8 Å². The van der Waals surface area contributed by atoms with Gasteiger partial charge < -0.3 is 5.11 Å². The molecule has 0 spiro atoms. The van der Waals surface area contributed by atoms with Gasteiger partial charge in [0.2, 0.25) is 0 Å². The number of hydrogen-bond acceptors (Lipinski definition) is 2. The van der Waals surface area contributed by atoms with Crippen LogP contribution in [0.2, 0.25) is 0 Å². The summed E-state index contributed by atoms with van der Waals surface area (Å²) in [6.45, 7) is 4.33. The summed E-state index contributed by atoms with van der Waals surface area (Å²) in [7, 11) is 0. The first-order chi connectivity index (χ1) is 6.72. The van der Waals surface area contributed by atoms with E-state index in [0.29, 0.717) is 0 Å². The average molecular weight is 208 g/mol. The van der Waals surface area contributed by atoms with Crippen LogP contribution in [0.3, 0.4) is 0 Å². The zero-order chi connectivity index (χ0) is 10.1. The lowest BCUT2D eigenvalue weighted by Crippen LogP contribution is -2.03. The van der Waals surface area contributed by atoms with E-state index in [4.69, 9.17) is 0 Å². The lowest BCUT2D eigenvalue weighted by Gasteiger charge is -2.10. The molecule has 0 heterocycles. The van der Waals surface area contributed by atoms with E-state index in [1.165, 1.54) is 21.6 Å². The van der Waals surface area contributed by atoms with Crippen LogP contribution in [0.4, 0.5) is 0 Å². The van der Waals surface area contributed by atoms with Crippen molar-refractivity contribution >= 4 is 11.8 Å². The van der Waals surface area contributed by atoms with Crippen molar-refractivity contribution in [1.29, 1.82) is 0 Å². The number of rotatable bonds is 2. The maximum Gasteiger partial charge on any atom is 0.0621 e. The maximum absolute atomic E-state index is 9.62. The van der Waals surface area contributed by atoms with Gasteiger partial charge >= 0.3 is 0 Å². The molecule has 1 atom stereocenters. The molecular formula is C12H16OS. The van der Waals surface area contributed by atoms with E-state index in [1.807, 2.05) is 11.8 Å². The molecule has 0 fully saturated rings. The number of aryl methyl sites for hydroxylation is 1. The second kappa shape index (κ2) is 3.95. The number of aliphatic hydroxyl groups is 1. The molecule has 1 aliphatic carbocycles. The van der Waals surface area contributed by atoms with Gasteiger partial charge in [0, 0.05) is 11.3 Å². The van der Waals surface area contributed by atoms with Crippen molar-refractivity contribution in [3.63, 3.8) is 0 Å². The van der Waals surface area contributed by atoms with E-state index in [2.05, 4.69) is 26.0 Å². The number of benzene rings is 1. The number of fused-ring (bicyclic) bond motifs is 1. The highest BCUT2D eigenvalue weighted by molar-refractivity contribution is 7.99. The van der Waals surface area contributed by atoms with Crippen molar-refractivity contribution in [1.82, 2.24) is 0 Å². The quantitative estimate of drug-likeness (QED) is 0.754. The van der Waals surface area contributed by atoms with Gasteiger partial charge in [0.25, 0.3) is 0 Å². The van der Waals surface area contributed by atoms with Crippen molar-refractivity contribution in [3.8, 4) is 0 Å². The Morgan fingerprint density at radius 3 is 2.93 bits per heavy atom. The lowest BCUT2D eigenvalue weighted by atomic mass is 10.1. The van der Waals surface area contributed by atoms with E-state index < -0.39 is 0 Å². The maximum atomic E-state index is 9.62. The molecule has 2 rings (SSSR count). The van der Waals surface area contributed by atoms with Gasteiger partial charge in [-0.25, -0.2) is 0 Å². The third kappa shape index (κ3) is 1.69. The number of hydrogen-bond donors (Lipinski definition) is 1. The molecule has 0 aromatic heterocycles. The van der Waals surface area contributed by atoms with Crippen LogP contribution in [0.1, 0.15) is 23.6 Å². The van der Waals surface area contributed by atoms with E-state index >= 15 is 0 Å². The summed E-state index contributed by atoms with van der Waals surface area (Å²) in [5, 5.41) is 9.62. The zero-order valence-corrected chi connectivity index (χ0v) is 9.53. The highest BCUT2D eigenvalue weighted by Crippen LogP contribution is 2.34. The predicted molar refractivity (Wildman–Crippen MR) is 61.0 cm³/mol. The van der Waals surface area contributed by atoms with Crippen molar-refractivity contribution in [2.75, 3.05) is 5.75 Å². The first-order valence-electron chi connectivity index (χ1n) is 5.14. The number of thioether (sulfide) groups is 1. The molecule has 1 aromatic rings. The molecule has 0 saturated heterocycles. The van der Waals surface area contributed by atoms with Crippen LogP contribution < -0.4 is 0 Å². The monoisotopic (exact) mass is 208 g/mol. The van der Waals surface area contributed by atoms with Gasteiger partial charge in [0.05, 0.1) is 6.10 Å². The Kier molecular flexibility index (Phi) is 2.84. The normalized spacial score (nSPS) is 19.8. The van der Waals surface area contributed by atoms with Gasteiger partial charge in [-0.05, 0) is 35.8 Å². The van der Waals surface area contributed by atoms with Crippen molar-refractivity contribution in [2.24, 2.45) is 0 Å². The smallest absolute Gasteiger partial charge is 0.0621 e. The lowest BCUT2D eigenvalue weighted by molar-refractivity contribution is 0.186. The summed E-state index contributed by atoms with van der Waals surface area (Å²) < 4.78 is 0. The van der Waals surface area contributed by atoms with Gasteiger partial charge in [0.1, 0.15) is 0 Å². The Morgan fingerprint density at radius 2 is 2.21 bits per heavy atom. The average Bonchev–Trinajstić information content (AvgIpc) is 2.51. The second-order valence-corrected chi connectivity index (χ2v) is 5.12. The standard InChI is InChI=1S/C12H16OS/c1-3-14-12-8(2)4-5-9-6-10(13)7-11(9)12/h4-5,10,13H,3,6-7H2,1-2H3. The summed E-state index contributed by atoms with van der Waals surface area (Å²) >= 11 is 1.90. The van der Waals surface area contributed by atoms with Gasteiger partial charge in [-0.2, -0.15) is 0 Å². The van der Waals surface area contributed by atoms with E-state index in [0.717, 1.165) is 18.6 Å². The minimum atomic E-state index is -0.150. The highest BCUT2D eigenvalue weighted by atomic mass is 32.2. The fourth-order valence-corrected chi connectivity index (χ4v) is 3.08. The summed E-state index contributed by atoms with van der Waals surface area (Å²) in [6, 6.07) is 4.34. The zero-order valence-electron chi connectivity index (χ0n) is 8.71. The van der Waals surface area contributed by atoms with Crippen molar-refractivity contribution < 1.29 is 5.11 Å². The van der Waals surface area contributed by atoms with Crippen LogP contribution >= 0.6 is 11.8 Å². The van der Waals surface area contributed by atoms with Gasteiger partial charge in [-0.3, -0.25) is 0 Å². The Balaban J connectivity index is 2.43. The van der Waals surface area contributed by atoms with Crippen LogP contribution in [0.25, 0.3) is 0 Å². The third-order valence-electron chi connectivity index (χ3n) is 2.74. The predicted octanol–water partition coefficient (Wildman–Crippen LogP) is 2.57. The minimum absolute atomic E-state index is 0.150. The molecular weight excluding hydrogens is 192 g/mol. The molecule has 0 amide bonds. The molecule has 76 valence electrons. The first-order valence-corrected chi connectivity index (χ1v) is 6.13. The van der Waals surface area contributed by atoms with Crippen LogP contribution in [0.5, 0.6) is 0 Å². The molecule has 0 saturated carbocycles. The van der Waals surface area contributed by atoms with Crippen LogP contribution in [0, 0.1) is 6.92 Å². The molecule has 1 unspecified atom stereocenters. The molecule has 1 N–H and O–H groups in total. The largest absolute Gasteiger partial charge is 0.392 e. The summed E-state index contributed by atoms with van der Waals surface area (Å²) in [6.07, 6.45) is 1.54. The van der Waals surface area contributed by atoms with E-state index in [9.17, 15) is 5.11 Å². The summed E-state index contributed by atoms with van der Waals surface area (Å²) in [4.78, 5) is 1.40. The molecule has 0 radical (unpaired) electrons. The van der Waals surface area contributed by atoms with E-state index in [-0.39, 0.29) is 6.10 Å². The molecule has 0 aliphatic heterocycles. The van der Waals surface area contributed by atoms with Crippen LogP contribution in [0.15, 0.2) is 17.0 Å². The SMILES string of the molecule is CCSc1c(C)ccc2c1CC(O)C2.